The number of amides is 1. The van der Waals surface area contributed by atoms with E-state index in [1.807, 2.05) is 12.1 Å². The predicted octanol–water partition coefficient (Wildman–Crippen LogP) is 1.53. The van der Waals surface area contributed by atoms with Gasteiger partial charge in [-0.3, -0.25) is 4.79 Å². The van der Waals surface area contributed by atoms with Crippen LogP contribution in [0.4, 0.5) is 0 Å². The Hall–Kier alpha value is -1.79. The highest BCUT2D eigenvalue weighted by atomic mass is 16.1. The van der Waals surface area contributed by atoms with Crippen molar-refractivity contribution in [2.24, 2.45) is 11.7 Å². The Morgan fingerprint density at radius 1 is 1.33 bits per heavy atom. The lowest BCUT2D eigenvalue weighted by molar-refractivity contribution is 0.0952. The van der Waals surface area contributed by atoms with Crippen LogP contribution in [0.5, 0.6) is 0 Å². The molecule has 1 aliphatic rings. The van der Waals surface area contributed by atoms with E-state index < -0.39 is 0 Å². The molecule has 3 nitrogen and oxygen atoms in total. The second-order valence-corrected chi connectivity index (χ2v) is 4.57. The molecule has 0 saturated heterocycles. The average Bonchev–Trinajstić information content (AvgIpc) is 3.21. The van der Waals surface area contributed by atoms with Gasteiger partial charge in [-0.15, -0.1) is 0 Å². The molecule has 1 saturated carbocycles. The fourth-order valence-corrected chi connectivity index (χ4v) is 1.76. The molecule has 1 amide bonds. The van der Waals surface area contributed by atoms with Crippen LogP contribution in [0, 0.1) is 17.8 Å². The first-order valence-corrected chi connectivity index (χ1v) is 6.37. The van der Waals surface area contributed by atoms with Gasteiger partial charge in [0.2, 0.25) is 0 Å². The molecule has 1 aromatic rings. The van der Waals surface area contributed by atoms with E-state index in [0.29, 0.717) is 12.1 Å². The monoisotopic (exact) mass is 242 g/mol. The van der Waals surface area contributed by atoms with E-state index in [0.717, 1.165) is 24.4 Å². The summed E-state index contributed by atoms with van der Waals surface area (Å²) in [6, 6.07) is 7.29. The number of nitrogens with one attached hydrogen (secondary N) is 1. The van der Waals surface area contributed by atoms with E-state index in [2.05, 4.69) is 17.2 Å². The van der Waals surface area contributed by atoms with E-state index in [-0.39, 0.29) is 5.91 Å². The quantitative estimate of drug-likeness (QED) is 0.787. The molecule has 0 spiro atoms. The number of carbonyl (C=O) groups is 1. The fraction of sp³-hybridized carbons (Fsp3) is 0.400. The van der Waals surface area contributed by atoms with Crippen LogP contribution in [0.25, 0.3) is 0 Å². The normalized spacial score (nSPS) is 13.6. The van der Waals surface area contributed by atoms with Crippen molar-refractivity contribution in [1.82, 2.24) is 5.32 Å². The van der Waals surface area contributed by atoms with E-state index in [1.165, 1.54) is 12.8 Å². The number of carbonyl (C=O) groups excluding carboxylic acids is 1. The number of rotatable bonds is 4. The lowest BCUT2D eigenvalue weighted by Crippen LogP contribution is -2.24. The van der Waals surface area contributed by atoms with Crippen molar-refractivity contribution in [3.8, 4) is 11.8 Å². The van der Waals surface area contributed by atoms with E-state index >= 15 is 0 Å². The molecular formula is C15H18N2O. The number of hydrogen-bond donors (Lipinski definition) is 2. The zero-order chi connectivity index (χ0) is 12.8. The van der Waals surface area contributed by atoms with Crippen molar-refractivity contribution in [2.75, 3.05) is 13.1 Å². The van der Waals surface area contributed by atoms with Crippen LogP contribution in [-0.4, -0.2) is 19.0 Å². The Morgan fingerprint density at radius 3 is 2.67 bits per heavy atom. The number of hydrogen-bond acceptors (Lipinski definition) is 2. The summed E-state index contributed by atoms with van der Waals surface area (Å²) >= 11 is 0. The fourth-order valence-electron chi connectivity index (χ4n) is 1.76. The molecule has 0 atom stereocenters. The third-order valence-electron chi connectivity index (χ3n) is 3.02. The summed E-state index contributed by atoms with van der Waals surface area (Å²) < 4.78 is 0. The molecule has 1 aromatic carbocycles. The van der Waals surface area contributed by atoms with E-state index in [1.54, 1.807) is 12.1 Å². The molecule has 0 unspecified atom stereocenters. The van der Waals surface area contributed by atoms with Crippen molar-refractivity contribution in [3.63, 3.8) is 0 Å². The minimum atomic E-state index is -0.00557. The van der Waals surface area contributed by atoms with Gasteiger partial charge in [0.05, 0.1) is 6.54 Å². The van der Waals surface area contributed by atoms with E-state index in [9.17, 15) is 4.79 Å². The Morgan fingerprint density at radius 2 is 2.06 bits per heavy atom. The third-order valence-corrected chi connectivity index (χ3v) is 3.02. The summed E-state index contributed by atoms with van der Waals surface area (Å²) in [7, 11) is 0. The van der Waals surface area contributed by atoms with Crippen molar-refractivity contribution in [1.29, 1.82) is 0 Å². The van der Waals surface area contributed by atoms with Crippen LogP contribution in [-0.2, 0) is 0 Å². The first-order valence-electron chi connectivity index (χ1n) is 6.37. The highest BCUT2D eigenvalue weighted by Crippen LogP contribution is 2.31. The third kappa shape index (κ3) is 3.90. The second-order valence-electron chi connectivity index (χ2n) is 4.57. The van der Waals surface area contributed by atoms with Gasteiger partial charge in [0.15, 0.2) is 0 Å². The largest absolute Gasteiger partial charge is 0.352 e. The van der Waals surface area contributed by atoms with Gasteiger partial charge < -0.3 is 11.1 Å². The molecule has 0 aromatic heterocycles. The molecule has 0 heterocycles. The van der Waals surface area contributed by atoms with Crippen molar-refractivity contribution >= 4 is 5.91 Å². The Labute approximate surface area is 108 Å². The summed E-state index contributed by atoms with van der Waals surface area (Å²) in [6.07, 6.45) is 3.75. The van der Waals surface area contributed by atoms with E-state index in [4.69, 9.17) is 5.73 Å². The minimum absolute atomic E-state index is 0.00557. The van der Waals surface area contributed by atoms with Crippen LogP contribution in [0.1, 0.15) is 35.2 Å². The standard InChI is InChI=1S/C15H18N2O/c16-10-1-2-12-5-7-14(8-6-12)15(18)17-11-9-13-3-4-13/h5-8,13H,3-4,9-11,16H2,(H,17,18). The van der Waals surface area contributed by atoms with Crippen molar-refractivity contribution in [2.45, 2.75) is 19.3 Å². The van der Waals surface area contributed by atoms with Gasteiger partial charge in [-0.05, 0) is 36.6 Å². The lowest BCUT2D eigenvalue weighted by atomic mass is 10.1. The Bertz CT molecular complexity index is 464. The molecular weight excluding hydrogens is 224 g/mol. The summed E-state index contributed by atoms with van der Waals surface area (Å²) in [5.41, 5.74) is 6.87. The van der Waals surface area contributed by atoms with Gasteiger partial charge >= 0.3 is 0 Å². The molecule has 1 aliphatic carbocycles. The Balaban J connectivity index is 1.85. The molecule has 0 bridgehead atoms. The summed E-state index contributed by atoms with van der Waals surface area (Å²) in [6.45, 7) is 1.13. The SMILES string of the molecule is NCC#Cc1ccc(C(=O)NCCC2CC2)cc1. The molecule has 1 fully saturated rings. The minimum Gasteiger partial charge on any atom is -0.352 e. The van der Waals surface area contributed by atoms with Crippen LogP contribution >= 0.6 is 0 Å². The molecule has 0 aliphatic heterocycles. The van der Waals surface area contributed by atoms with Gasteiger partial charge in [0.1, 0.15) is 0 Å². The molecule has 94 valence electrons. The van der Waals surface area contributed by atoms with Gasteiger partial charge in [-0.1, -0.05) is 24.7 Å². The zero-order valence-corrected chi connectivity index (χ0v) is 10.4. The van der Waals surface area contributed by atoms with Crippen molar-refractivity contribution in [3.05, 3.63) is 35.4 Å². The highest BCUT2D eigenvalue weighted by molar-refractivity contribution is 5.94. The Kier molecular flexibility index (Phi) is 4.38. The number of nitrogens with two attached hydrogens (primary N) is 1. The second kappa shape index (κ2) is 6.23. The number of benzene rings is 1. The first-order chi connectivity index (χ1) is 8.79. The van der Waals surface area contributed by atoms with Gasteiger partial charge in [0.25, 0.3) is 5.91 Å². The highest BCUT2D eigenvalue weighted by Gasteiger charge is 2.20. The van der Waals surface area contributed by atoms with Gasteiger partial charge in [-0.25, -0.2) is 0 Å². The van der Waals surface area contributed by atoms with Gasteiger partial charge in [0, 0.05) is 17.7 Å². The van der Waals surface area contributed by atoms with Crippen LogP contribution in [0.2, 0.25) is 0 Å². The summed E-state index contributed by atoms with van der Waals surface area (Å²) in [4.78, 5) is 11.8. The summed E-state index contributed by atoms with van der Waals surface area (Å²) in [5.74, 6) is 6.56. The molecule has 0 radical (unpaired) electrons. The van der Waals surface area contributed by atoms with Crippen LogP contribution < -0.4 is 11.1 Å². The lowest BCUT2D eigenvalue weighted by Gasteiger charge is -2.04. The maximum absolute atomic E-state index is 11.8. The summed E-state index contributed by atoms with van der Waals surface area (Å²) in [5, 5.41) is 2.94. The zero-order valence-electron chi connectivity index (χ0n) is 10.4. The van der Waals surface area contributed by atoms with Crippen molar-refractivity contribution < 1.29 is 4.79 Å². The maximum Gasteiger partial charge on any atom is 0.251 e. The molecule has 2 rings (SSSR count). The molecule has 18 heavy (non-hydrogen) atoms. The maximum atomic E-state index is 11.8. The average molecular weight is 242 g/mol. The van der Waals surface area contributed by atoms with Crippen LogP contribution in [0.3, 0.4) is 0 Å². The first kappa shape index (κ1) is 12.7. The predicted molar refractivity (Wildman–Crippen MR) is 72.0 cm³/mol. The smallest absolute Gasteiger partial charge is 0.251 e. The molecule has 3 heteroatoms. The molecule has 3 N–H and O–H groups in total. The van der Waals surface area contributed by atoms with Crippen LogP contribution in [0.15, 0.2) is 24.3 Å². The topological polar surface area (TPSA) is 55.1 Å². The van der Waals surface area contributed by atoms with Gasteiger partial charge in [-0.2, -0.15) is 0 Å².